The van der Waals surface area contributed by atoms with Crippen LogP contribution in [-0.2, 0) is 4.74 Å². The first kappa shape index (κ1) is 17.4. The molecule has 0 aliphatic carbocycles. The lowest BCUT2D eigenvalue weighted by molar-refractivity contribution is 0.0285. The summed E-state index contributed by atoms with van der Waals surface area (Å²) in [4.78, 5) is 13.1. The van der Waals surface area contributed by atoms with E-state index in [1.54, 1.807) is 19.1 Å². The molecule has 0 aliphatic rings. The molecule has 7 heteroatoms. The van der Waals surface area contributed by atoms with E-state index >= 15 is 0 Å². The van der Waals surface area contributed by atoms with Crippen LogP contribution in [0.15, 0.2) is 52.9 Å². The Labute approximate surface area is 158 Å². The molecule has 2 heterocycles. The van der Waals surface area contributed by atoms with Gasteiger partial charge < -0.3 is 9.15 Å². The molecule has 0 fully saturated rings. The molecule has 2 aromatic carbocycles. The number of rotatable bonds is 4. The number of nitrogens with zero attached hydrogens (tertiary/aromatic N) is 2. The minimum absolute atomic E-state index is 0.182. The van der Waals surface area contributed by atoms with E-state index < -0.39 is 12.1 Å². The first-order valence-corrected chi connectivity index (χ1v) is 9.13. The Kier molecular flexibility index (Phi) is 4.45. The zero-order valence-corrected chi connectivity index (χ0v) is 15.4. The van der Waals surface area contributed by atoms with E-state index in [-0.39, 0.29) is 17.6 Å². The van der Waals surface area contributed by atoms with Crippen LogP contribution in [0.5, 0.6) is 0 Å². The van der Waals surface area contributed by atoms with Crippen molar-refractivity contribution in [2.45, 2.75) is 20.0 Å². The summed E-state index contributed by atoms with van der Waals surface area (Å²) in [6.45, 7) is 3.57. The van der Waals surface area contributed by atoms with Crippen LogP contribution in [0, 0.1) is 12.7 Å². The predicted molar refractivity (Wildman–Crippen MR) is 100 cm³/mol. The molecule has 0 spiro atoms. The van der Waals surface area contributed by atoms with Crippen LogP contribution in [0.4, 0.5) is 4.39 Å². The van der Waals surface area contributed by atoms with Gasteiger partial charge in [-0.25, -0.2) is 9.18 Å². The lowest BCUT2D eigenvalue weighted by Crippen LogP contribution is -2.09. The quantitative estimate of drug-likeness (QED) is 0.447. The third-order valence-corrected chi connectivity index (χ3v) is 5.45. The zero-order valence-electron chi connectivity index (χ0n) is 14.6. The number of fused-ring (bicyclic) bond motifs is 1. The van der Waals surface area contributed by atoms with Gasteiger partial charge in [-0.2, -0.15) is 0 Å². The van der Waals surface area contributed by atoms with Crippen molar-refractivity contribution < 1.29 is 18.3 Å². The van der Waals surface area contributed by atoms with Gasteiger partial charge in [0, 0.05) is 10.3 Å². The first-order chi connectivity index (χ1) is 13.0. The summed E-state index contributed by atoms with van der Waals surface area (Å²) in [5.41, 5.74) is 1.49. The van der Waals surface area contributed by atoms with Gasteiger partial charge in [-0.05, 0) is 55.1 Å². The van der Waals surface area contributed by atoms with Crippen molar-refractivity contribution in [2.24, 2.45) is 0 Å². The third-order valence-electron chi connectivity index (χ3n) is 4.19. The average Bonchev–Trinajstić information content (AvgIpc) is 3.28. The second-order valence-electron chi connectivity index (χ2n) is 6.05. The second kappa shape index (κ2) is 6.92. The zero-order chi connectivity index (χ0) is 19.0. The highest BCUT2D eigenvalue weighted by molar-refractivity contribution is 7.21. The normalized spacial score (nSPS) is 12.3. The SMILES string of the molecule is Cc1c(C(=O)O[C@@H](C)c2nnc(-c3ccc(F)cc3)o2)sc2ccccc12. The molecular formula is C20H15FN2O3S. The van der Waals surface area contributed by atoms with Crippen molar-refractivity contribution in [1.29, 1.82) is 0 Å². The molecule has 5 nitrogen and oxygen atoms in total. The van der Waals surface area contributed by atoms with E-state index in [1.165, 1.54) is 23.5 Å². The highest BCUT2D eigenvalue weighted by Crippen LogP contribution is 2.32. The molecule has 2 aromatic heterocycles. The highest BCUT2D eigenvalue weighted by atomic mass is 32.1. The van der Waals surface area contributed by atoms with E-state index in [1.807, 2.05) is 31.2 Å². The number of ether oxygens (including phenoxy) is 1. The number of carbonyl (C=O) groups is 1. The van der Waals surface area contributed by atoms with Crippen molar-refractivity contribution in [2.75, 3.05) is 0 Å². The van der Waals surface area contributed by atoms with Crippen molar-refractivity contribution in [1.82, 2.24) is 10.2 Å². The Hall–Kier alpha value is -3.06. The predicted octanol–water partition coefficient (Wildman–Crippen LogP) is 5.32. The van der Waals surface area contributed by atoms with Gasteiger partial charge in [0.05, 0.1) is 0 Å². The Morgan fingerprint density at radius 2 is 1.89 bits per heavy atom. The number of halogens is 1. The molecule has 0 radical (unpaired) electrons. The molecule has 0 unspecified atom stereocenters. The fraction of sp³-hybridized carbons (Fsp3) is 0.150. The van der Waals surface area contributed by atoms with Gasteiger partial charge in [0.1, 0.15) is 10.7 Å². The molecule has 4 aromatic rings. The molecule has 0 saturated carbocycles. The van der Waals surface area contributed by atoms with E-state index in [0.29, 0.717) is 10.4 Å². The Morgan fingerprint density at radius 3 is 2.63 bits per heavy atom. The molecule has 0 N–H and O–H groups in total. The molecular weight excluding hydrogens is 367 g/mol. The van der Waals surface area contributed by atoms with E-state index in [2.05, 4.69) is 10.2 Å². The molecule has 27 heavy (non-hydrogen) atoms. The van der Waals surface area contributed by atoms with Crippen LogP contribution in [0.25, 0.3) is 21.5 Å². The van der Waals surface area contributed by atoms with Crippen LogP contribution in [-0.4, -0.2) is 16.2 Å². The Balaban J connectivity index is 1.53. The van der Waals surface area contributed by atoms with Crippen LogP contribution in [0.1, 0.15) is 34.2 Å². The van der Waals surface area contributed by atoms with Crippen molar-refractivity contribution in [3.63, 3.8) is 0 Å². The number of thiophene rings is 1. The summed E-state index contributed by atoms with van der Waals surface area (Å²) in [7, 11) is 0. The molecule has 136 valence electrons. The minimum atomic E-state index is -0.705. The lowest BCUT2D eigenvalue weighted by atomic mass is 10.1. The Bertz CT molecular complexity index is 1120. The third kappa shape index (κ3) is 3.33. The number of aryl methyl sites for hydroxylation is 1. The summed E-state index contributed by atoms with van der Waals surface area (Å²) < 4.78 is 25.2. The fourth-order valence-electron chi connectivity index (χ4n) is 2.74. The maximum Gasteiger partial charge on any atom is 0.349 e. The molecule has 0 amide bonds. The van der Waals surface area contributed by atoms with Crippen LogP contribution >= 0.6 is 11.3 Å². The summed E-state index contributed by atoms with van der Waals surface area (Å²) in [6.07, 6.45) is -0.705. The molecule has 4 rings (SSSR count). The van der Waals surface area contributed by atoms with Gasteiger partial charge in [-0.15, -0.1) is 21.5 Å². The summed E-state index contributed by atoms with van der Waals surface area (Å²) in [5.74, 6) is -0.352. The van der Waals surface area contributed by atoms with Crippen molar-refractivity contribution in [3.05, 3.63) is 70.7 Å². The van der Waals surface area contributed by atoms with Gasteiger partial charge in [-0.1, -0.05) is 18.2 Å². The smallest absolute Gasteiger partial charge is 0.349 e. The summed E-state index contributed by atoms with van der Waals surface area (Å²) >= 11 is 1.40. The van der Waals surface area contributed by atoms with Gasteiger partial charge in [-0.3, -0.25) is 0 Å². The number of carbonyl (C=O) groups excluding carboxylic acids is 1. The largest absolute Gasteiger partial charge is 0.448 e. The number of hydrogen-bond acceptors (Lipinski definition) is 6. The van der Waals surface area contributed by atoms with Crippen molar-refractivity contribution >= 4 is 27.4 Å². The minimum Gasteiger partial charge on any atom is -0.448 e. The number of hydrogen-bond donors (Lipinski definition) is 0. The summed E-state index contributed by atoms with van der Waals surface area (Å²) in [5, 5.41) is 8.92. The van der Waals surface area contributed by atoms with Gasteiger partial charge in [0.25, 0.3) is 5.89 Å². The van der Waals surface area contributed by atoms with Gasteiger partial charge in [0.15, 0.2) is 6.10 Å². The monoisotopic (exact) mass is 382 g/mol. The number of aromatic nitrogens is 2. The fourth-order valence-corrected chi connectivity index (χ4v) is 3.83. The van der Waals surface area contributed by atoms with E-state index in [0.717, 1.165) is 15.6 Å². The van der Waals surface area contributed by atoms with Crippen molar-refractivity contribution in [3.8, 4) is 11.5 Å². The summed E-state index contributed by atoms with van der Waals surface area (Å²) in [6, 6.07) is 13.5. The first-order valence-electron chi connectivity index (χ1n) is 8.31. The number of esters is 1. The molecule has 1 atom stereocenters. The Morgan fingerprint density at radius 1 is 1.15 bits per heavy atom. The van der Waals surface area contributed by atoms with Gasteiger partial charge >= 0.3 is 5.97 Å². The standard InChI is InChI=1S/C20H15FN2O3S/c1-11-15-5-3-4-6-16(15)27-17(11)20(24)25-12(2)18-22-23-19(26-18)13-7-9-14(21)10-8-13/h3-10,12H,1-2H3/t12-/m0/s1. The number of benzene rings is 2. The maximum atomic E-state index is 13.0. The molecule has 0 aliphatic heterocycles. The average molecular weight is 382 g/mol. The lowest BCUT2D eigenvalue weighted by Gasteiger charge is -2.08. The van der Waals surface area contributed by atoms with Gasteiger partial charge in [0.2, 0.25) is 5.89 Å². The molecule has 0 bridgehead atoms. The van der Waals surface area contributed by atoms with Crippen LogP contribution in [0.2, 0.25) is 0 Å². The van der Waals surface area contributed by atoms with Crippen LogP contribution in [0.3, 0.4) is 0 Å². The van der Waals surface area contributed by atoms with Crippen LogP contribution < -0.4 is 0 Å². The van der Waals surface area contributed by atoms with E-state index in [4.69, 9.17) is 9.15 Å². The highest BCUT2D eigenvalue weighted by Gasteiger charge is 2.23. The molecule has 0 saturated heterocycles. The second-order valence-corrected chi connectivity index (χ2v) is 7.10. The topological polar surface area (TPSA) is 65.2 Å². The van der Waals surface area contributed by atoms with E-state index in [9.17, 15) is 9.18 Å². The maximum absolute atomic E-state index is 13.0.